The molecule has 1 heterocycles. The highest BCUT2D eigenvalue weighted by molar-refractivity contribution is 6.11. The van der Waals surface area contributed by atoms with Crippen molar-refractivity contribution in [3.63, 3.8) is 0 Å². The minimum atomic E-state index is -1.42. The maximum atomic E-state index is 14.3. The smallest absolute Gasteiger partial charge is 0.325 e. The van der Waals surface area contributed by atoms with Crippen molar-refractivity contribution in [1.82, 2.24) is 10.2 Å². The van der Waals surface area contributed by atoms with Gasteiger partial charge < -0.3 is 10.6 Å². The van der Waals surface area contributed by atoms with Crippen LogP contribution < -0.4 is 10.6 Å². The average Bonchev–Trinajstić information content (AvgIpc) is 2.91. The number of nitrogens with one attached hydrogen (secondary N) is 2. The number of nitriles is 1. The van der Waals surface area contributed by atoms with Gasteiger partial charge in [-0.15, -0.1) is 0 Å². The fourth-order valence-electron chi connectivity index (χ4n) is 3.17. The van der Waals surface area contributed by atoms with E-state index >= 15 is 0 Å². The Morgan fingerprint density at radius 3 is 2.43 bits per heavy atom. The van der Waals surface area contributed by atoms with Gasteiger partial charge in [0.05, 0.1) is 23.7 Å². The second-order valence-corrected chi connectivity index (χ2v) is 6.93. The van der Waals surface area contributed by atoms with E-state index in [4.69, 9.17) is 5.26 Å². The molecule has 30 heavy (non-hydrogen) atoms. The van der Waals surface area contributed by atoms with Gasteiger partial charge in [0.1, 0.15) is 11.4 Å². The van der Waals surface area contributed by atoms with Gasteiger partial charge in [0.15, 0.2) is 5.78 Å². The molecular formula is C21H17FN4O4. The van der Waals surface area contributed by atoms with Crippen LogP contribution >= 0.6 is 0 Å². The SMILES string of the molecule is CC(=O)Nc1ccc(C(=O)CN2C(=O)N[C@](C)(c3ccc(C#N)cc3)C2=O)c(F)c1. The number of halogens is 1. The molecule has 0 saturated carbocycles. The Kier molecular flexibility index (Phi) is 5.34. The molecule has 0 radical (unpaired) electrons. The number of anilines is 1. The zero-order valence-corrected chi connectivity index (χ0v) is 16.2. The third kappa shape index (κ3) is 3.75. The van der Waals surface area contributed by atoms with Gasteiger partial charge in [-0.25, -0.2) is 9.18 Å². The Morgan fingerprint density at radius 2 is 1.87 bits per heavy atom. The molecule has 0 unspecified atom stereocenters. The number of nitrogens with zero attached hydrogens (tertiary/aromatic N) is 2. The number of imide groups is 1. The Balaban J connectivity index is 1.80. The summed E-state index contributed by atoms with van der Waals surface area (Å²) in [5, 5.41) is 13.8. The van der Waals surface area contributed by atoms with Crippen molar-refractivity contribution in [2.45, 2.75) is 19.4 Å². The van der Waals surface area contributed by atoms with Crippen molar-refractivity contribution in [3.8, 4) is 6.07 Å². The largest absolute Gasteiger partial charge is 0.326 e. The van der Waals surface area contributed by atoms with Crippen molar-refractivity contribution >= 4 is 29.3 Å². The number of hydrogen-bond donors (Lipinski definition) is 2. The van der Waals surface area contributed by atoms with E-state index in [2.05, 4.69) is 10.6 Å². The van der Waals surface area contributed by atoms with Gasteiger partial charge in [-0.05, 0) is 42.8 Å². The number of ketones is 1. The third-order valence-electron chi connectivity index (χ3n) is 4.76. The summed E-state index contributed by atoms with van der Waals surface area (Å²) < 4.78 is 14.3. The molecule has 2 aromatic rings. The molecular weight excluding hydrogens is 391 g/mol. The first-order chi connectivity index (χ1) is 14.2. The first-order valence-electron chi connectivity index (χ1n) is 8.91. The topological polar surface area (TPSA) is 119 Å². The lowest BCUT2D eigenvalue weighted by Gasteiger charge is -2.22. The Hall–Kier alpha value is -4.06. The third-order valence-corrected chi connectivity index (χ3v) is 4.76. The molecule has 3 rings (SSSR count). The molecule has 0 aliphatic carbocycles. The molecule has 1 saturated heterocycles. The van der Waals surface area contributed by atoms with Gasteiger partial charge in [-0.1, -0.05) is 12.1 Å². The van der Waals surface area contributed by atoms with E-state index < -0.39 is 41.5 Å². The van der Waals surface area contributed by atoms with Gasteiger partial charge in [-0.2, -0.15) is 5.26 Å². The highest BCUT2D eigenvalue weighted by Gasteiger charge is 2.49. The lowest BCUT2D eigenvalue weighted by Crippen LogP contribution is -2.41. The average molecular weight is 408 g/mol. The molecule has 1 fully saturated rings. The highest BCUT2D eigenvalue weighted by Crippen LogP contribution is 2.29. The monoisotopic (exact) mass is 408 g/mol. The lowest BCUT2D eigenvalue weighted by atomic mass is 9.91. The van der Waals surface area contributed by atoms with Crippen LogP contribution in [0, 0.1) is 17.1 Å². The lowest BCUT2D eigenvalue weighted by molar-refractivity contribution is -0.130. The van der Waals surface area contributed by atoms with Crippen LogP contribution in [0.3, 0.4) is 0 Å². The number of urea groups is 1. The van der Waals surface area contributed by atoms with Gasteiger partial charge >= 0.3 is 6.03 Å². The van der Waals surface area contributed by atoms with Gasteiger partial charge in [-0.3, -0.25) is 19.3 Å². The zero-order chi connectivity index (χ0) is 22.1. The molecule has 4 amide bonds. The van der Waals surface area contributed by atoms with Gasteiger partial charge in [0.2, 0.25) is 5.91 Å². The van der Waals surface area contributed by atoms with E-state index in [0.29, 0.717) is 11.1 Å². The quantitative estimate of drug-likeness (QED) is 0.581. The number of rotatable bonds is 5. The van der Waals surface area contributed by atoms with E-state index in [1.807, 2.05) is 6.07 Å². The summed E-state index contributed by atoms with van der Waals surface area (Å²) in [6.45, 7) is 2.11. The number of hydrogen-bond acceptors (Lipinski definition) is 5. The summed E-state index contributed by atoms with van der Waals surface area (Å²) in [5.41, 5.74) is -0.708. The number of carbonyl (C=O) groups excluding carboxylic acids is 4. The molecule has 152 valence electrons. The number of amides is 4. The molecule has 1 atom stereocenters. The predicted octanol–water partition coefficient (Wildman–Crippen LogP) is 2.31. The Bertz CT molecular complexity index is 1110. The van der Waals surface area contributed by atoms with E-state index in [1.54, 1.807) is 12.1 Å². The van der Waals surface area contributed by atoms with Crippen LogP contribution in [0.1, 0.15) is 35.3 Å². The highest BCUT2D eigenvalue weighted by atomic mass is 19.1. The molecule has 2 aromatic carbocycles. The fraction of sp³-hybridized carbons (Fsp3) is 0.190. The zero-order valence-electron chi connectivity index (χ0n) is 16.2. The minimum Gasteiger partial charge on any atom is -0.326 e. The van der Waals surface area contributed by atoms with Crippen LogP contribution in [-0.4, -0.2) is 35.1 Å². The van der Waals surface area contributed by atoms with Crippen molar-refractivity contribution in [2.75, 3.05) is 11.9 Å². The standard InChI is InChI=1S/C21H17FN4O4/c1-12(27)24-15-7-8-16(17(22)9-15)18(28)11-26-19(29)21(2,25-20(26)30)14-5-3-13(10-23)4-6-14/h3-9H,11H2,1-2H3,(H,24,27)(H,25,30)/t21-/m1/s1. The summed E-state index contributed by atoms with van der Waals surface area (Å²) in [4.78, 5) is 49.6. The summed E-state index contributed by atoms with van der Waals surface area (Å²) in [6.07, 6.45) is 0. The Labute approximate surface area is 171 Å². The fourth-order valence-corrected chi connectivity index (χ4v) is 3.17. The molecule has 0 spiro atoms. The van der Waals surface area contributed by atoms with Gasteiger partial charge in [0.25, 0.3) is 5.91 Å². The molecule has 0 aromatic heterocycles. The number of benzene rings is 2. The summed E-state index contributed by atoms with van der Waals surface area (Å²) in [7, 11) is 0. The van der Waals surface area contributed by atoms with Gasteiger partial charge in [0, 0.05) is 12.6 Å². The second kappa shape index (κ2) is 7.75. The van der Waals surface area contributed by atoms with E-state index in [9.17, 15) is 23.6 Å². The van der Waals surface area contributed by atoms with Crippen LogP contribution in [0.2, 0.25) is 0 Å². The van der Waals surface area contributed by atoms with Crippen LogP contribution in [0.25, 0.3) is 0 Å². The van der Waals surface area contributed by atoms with Crippen LogP contribution in [-0.2, 0) is 15.1 Å². The molecule has 9 heteroatoms. The second-order valence-electron chi connectivity index (χ2n) is 6.93. The van der Waals surface area contributed by atoms with Crippen LogP contribution in [0.15, 0.2) is 42.5 Å². The van der Waals surface area contributed by atoms with Crippen LogP contribution in [0.5, 0.6) is 0 Å². The van der Waals surface area contributed by atoms with Crippen molar-refractivity contribution < 1.29 is 23.6 Å². The molecule has 1 aliphatic heterocycles. The van der Waals surface area contributed by atoms with Crippen molar-refractivity contribution in [3.05, 3.63) is 65.0 Å². The van der Waals surface area contributed by atoms with Crippen molar-refractivity contribution in [1.29, 1.82) is 5.26 Å². The minimum absolute atomic E-state index is 0.180. The molecule has 0 bridgehead atoms. The maximum Gasteiger partial charge on any atom is 0.325 e. The van der Waals surface area contributed by atoms with E-state index in [0.717, 1.165) is 11.0 Å². The normalized spacial score (nSPS) is 18.0. The van der Waals surface area contributed by atoms with E-state index in [1.165, 1.54) is 38.1 Å². The number of Topliss-reactive ketones (excluding diaryl/α,β-unsaturated/α-hetero) is 1. The first-order valence-corrected chi connectivity index (χ1v) is 8.91. The molecule has 2 N–H and O–H groups in total. The predicted molar refractivity (Wildman–Crippen MR) is 104 cm³/mol. The molecule has 8 nitrogen and oxygen atoms in total. The maximum absolute atomic E-state index is 14.3. The van der Waals surface area contributed by atoms with Crippen LogP contribution in [0.4, 0.5) is 14.9 Å². The number of carbonyl (C=O) groups is 4. The van der Waals surface area contributed by atoms with E-state index in [-0.39, 0.29) is 11.3 Å². The summed E-state index contributed by atoms with van der Waals surface area (Å²) >= 11 is 0. The Morgan fingerprint density at radius 1 is 1.20 bits per heavy atom. The first kappa shape index (κ1) is 20.7. The summed E-state index contributed by atoms with van der Waals surface area (Å²) in [5.74, 6) is -2.71. The summed E-state index contributed by atoms with van der Waals surface area (Å²) in [6, 6.07) is 10.8. The van der Waals surface area contributed by atoms with Crippen molar-refractivity contribution in [2.24, 2.45) is 0 Å². The molecule has 1 aliphatic rings.